The lowest BCUT2D eigenvalue weighted by molar-refractivity contribution is -0.121. The summed E-state index contributed by atoms with van der Waals surface area (Å²) in [5, 5.41) is 2.92. The molecule has 1 heterocycles. The minimum atomic E-state index is -0.776. The first kappa shape index (κ1) is 23.9. The maximum absolute atomic E-state index is 14.0. The van der Waals surface area contributed by atoms with E-state index in [-0.39, 0.29) is 36.5 Å². The molecule has 0 radical (unpaired) electrons. The summed E-state index contributed by atoms with van der Waals surface area (Å²) in [6, 6.07) is 7.43. The largest absolute Gasteiger partial charge is 0.491 e. The summed E-state index contributed by atoms with van der Waals surface area (Å²) in [5.74, 6) is -2.04. The van der Waals surface area contributed by atoms with E-state index in [1.54, 1.807) is 6.07 Å². The molecule has 2 aromatic carbocycles. The third-order valence-electron chi connectivity index (χ3n) is 5.69. The van der Waals surface area contributed by atoms with E-state index in [4.69, 9.17) is 4.74 Å². The summed E-state index contributed by atoms with van der Waals surface area (Å²) in [6.45, 7) is 8.70. The van der Waals surface area contributed by atoms with Crippen LogP contribution in [0, 0.1) is 17.5 Å². The van der Waals surface area contributed by atoms with E-state index >= 15 is 0 Å². The number of nitrogens with zero attached hydrogens (tertiary/aromatic N) is 2. The maximum Gasteiger partial charge on any atom is 0.220 e. The zero-order valence-electron chi connectivity index (χ0n) is 18.5. The fourth-order valence-electron chi connectivity index (χ4n) is 3.86. The van der Waals surface area contributed by atoms with Gasteiger partial charge in [-0.25, -0.2) is 13.2 Å². The fraction of sp³-hybridized carbons (Fsp3) is 0.458. The number of nitrogens with one attached hydrogen (secondary N) is 1. The number of halogens is 3. The average Bonchev–Trinajstić information content (AvgIpc) is 2.78. The molecule has 1 N–H and O–H groups in total. The molecule has 1 fully saturated rings. The van der Waals surface area contributed by atoms with Gasteiger partial charge in [0.05, 0.1) is 12.6 Å². The van der Waals surface area contributed by atoms with Crippen molar-refractivity contribution >= 4 is 11.6 Å². The number of hydrogen-bond donors (Lipinski definition) is 1. The molecule has 2 aromatic rings. The second kappa shape index (κ2) is 11.2. The Morgan fingerprint density at radius 1 is 1.06 bits per heavy atom. The number of carbonyl (C=O) groups excluding carboxylic acids is 1. The number of benzene rings is 2. The summed E-state index contributed by atoms with van der Waals surface area (Å²) in [4.78, 5) is 17.0. The zero-order valence-corrected chi connectivity index (χ0v) is 18.5. The van der Waals surface area contributed by atoms with Crippen molar-refractivity contribution in [3.8, 4) is 5.75 Å². The van der Waals surface area contributed by atoms with Crippen LogP contribution in [0.25, 0.3) is 0 Å². The number of likely N-dealkylation sites (N-methyl/N-ethyl adjacent to an activating group) is 1. The molecule has 8 heteroatoms. The minimum Gasteiger partial charge on any atom is -0.491 e. The van der Waals surface area contributed by atoms with Gasteiger partial charge in [0, 0.05) is 49.9 Å². The molecule has 32 heavy (non-hydrogen) atoms. The van der Waals surface area contributed by atoms with Crippen LogP contribution < -0.4 is 15.0 Å². The normalized spacial score (nSPS) is 15.5. The Bertz CT molecular complexity index is 917. The van der Waals surface area contributed by atoms with Gasteiger partial charge < -0.3 is 19.9 Å². The lowest BCUT2D eigenvalue weighted by Gasteiger charge is -2.37. The third-order valence-corrected chi connectivity index (χ3v) is 5.69. The van der Waals surface area contributed by atoms with Gasteiger partial charge in [0.2, 0.25) is 5.91 Å². The van der Waals surface area contributed by atoms with Gasteiger partial charge in [0.1, 0.15) is 11.6 Å². The molecule has 0 bridgehead atoms. The number of carbonyl (C=O) groups is 1. The molecule has 1 aliphatic rings. The first-order valence-corrected chi connectivity index (χ1v) is 11.0. The van der Waals surface area contributed by atoms with Gasteiger partial charge in [-0.3, -0.25) is 4.79 Å². The lowest BCUT2D eigenvalue weighted by Crippen LogP contribution is -2.46. The zero-order chi connectivity index (χ0) is 23.1. The van der Waals surface area contributed by atoms with E-state index in [2.05, 4.69) is 22.0 Å². The molecule has 5 nitrogen and oxygen atoms in total. The summed E-state index contributed by atoms with van der Waals surface area (Å²) in [6.07, 6.45) is 0.539. The van der Waals surface area contributed by atoms with Crippen molar-refractivity contribution in [3.05, 3.63) is 59.4 Å². The van der Waals surface area contributed by atoms with Gasteiger partial charge in [0.25, 0.3) is 0 Å². The highest BCUT2D eigenvalue weighted by Crippen LogP contribution is 2.28. The molecule has 0 aliphatic carbocycles. The summed E-state index contributed by atoms with van der Waals surface area (Å²) in [5.41, 5.74) is 1.68. The molecule has 3 rings (SSSR count). The third kappa shape index (κ3) is 6.38. The topological polar surface area (TPSA) is 44.8 Å². The van der Waals surface area contributed by atoms with Crippen LogP contribution in [0.1, 0.15) is 38.3 Å². The Labute approximate surface area is 187 Å². The molecule has 1 unspecified atom stereocenters. The van der Waals surface area contributed by atoms with Gasteiger partial charge in [-0.1, -0.05) is 6.92 Å². The van der Waals surface area contributed by atoms with Crippen LogP contribution in [0.4, 0.5) is 18.9 Å². The highest BCUT2D eigenvalue weighted by Gasteiger charge is 2.21. The molecular weight excluding hydrogens is 419 g/mol. The van der Waals surface area contributed by atoms with Crippen molar-refractivity contribution in [2.75, 3.05) is 44.2 Å². The molecule has 1 saturated heterocycles. The van der Waals surface area contributed by atoms with E-state index in [1.165, 1.54) is 18.2 Å². The smallest absolute Gasteiger partial charge is 0.220 e. The minimum absolute atomic E-state index is 0.0484. The van der Waals surface area contributed by atoms with Crippen LogP contribution in [0.2, 0.25) is 0 Å². The fourth-order valence-corrected chi connectivity index (χ4v) is 3.86. The number of ether oxygens (including phenoxy) is 1. The van der Waals surface area contributed by atoms with Crippen molar-refractivity contribution in [1.29, 1.82) is 0 Å². The SMILES string of the molecule is CCN1CCN(c2ccc(F)cc2C(C)NC(=O)CCCOc2ccc(F)cc2F)CC1. The number of hydrogen-bond acceptors (Lipinski definition) is 4. The highest BCUT2D eigenvalue weighted by molar-refractivity contribution is 5.76. The average molecular weight is 450 g/mol. The Morgan fingerprint density at radius 3 is 2.44 bits per heavy atom. The van der Waals surface area contributed by atoms with Crippen molar-refractivity contribution in [3.63, 3.8) is 0 Å². The Balaban J connectivity index is 1.52. The molecule has 1 aliphatic heterocycles. The van der Waals surface area contributed by atoms with Gasteiger partial charge >= 0.3 is 0 Å². The van der Waals surface area contributed by atoms with Gasteiger partial charge in [-0.15, -0.1) is 0 Å². The summed E-state index contributed by atoms with van der Waals surface area (Å²) >= 11 is 0. The first-order valence-electron chi connectivity index (χ1n) is 11.0. The standard InChI is InChI=1S/C24H30F3N3O2/c1-3-29-10-12-30(13-11-29)22-8-6-18(25)15-20(22)17(2)28-24(31)5-4-14-32-23-9-7-19(26)16-21(23)27/h6-9,15-17H,3-5,10-14H2,1-2H3,(H,28,31). The van der Waals surface area contributed by atoms with Gasteiger partial charge in [0.15, 0.2) is 11.6 Å². The van der Waals surface area contributed by atoms with Crippen LogP contribution >= 0.6 is 0 Å². The van der Waals surface area contributed by atoms with Crippen LogP contribution in [-0.4, -0.2) is 50.1 Å². The second-order valence-corrected chi connectivity index (χ2v) is 7.94. The molecule has 174 valence electrons. The predicted octanol–water partition coefficient (Wildman–Crippen LogP) is 4.28. The molecule has 0 aromatic heterocycles. The highest BCUT2D eigenvalue weighted by atomic mass is 19.1. The van der Waals surface area contributed by atoms with Crippen LogP contribution in [0.3, 0.4) is 0 Å². The van der Waals surface area contributed by atoms with E-state index < -0.39 is 11.6 Å². The van der Waals surface area contributed by atoms with E-state index in [0.717, 1.165) is 56.1 Å². The van der Waals surface area contributed by atoms with E-state index in [9.17, 15) is 18.0 Å². The quantitative estimate of drug-likeness (QED) is 0.581. The molecule has 1 atom stereocenters. The van der Waals surface area contributed by atoms with Crippen molar-refractivity contribution in [2.24, 2.45) is 0 Å². The first-order chi connectivity index (χ1) is 15.4. The summed E-state index contributed by atoms with van der Waals surface area (Å²) in [7, 11) is 0. The lowest BCUT2D eigenvalue weighted by atomic mass is 10.0. The van der Waals surface area contributed by atoms with Gasteiger partial charge in [-0.05, 0) is 50.2 Å². The molecular formula is C24H30F3N3O2. The number of anilines is 1. The number of amides is 1. The van der Waals surface area contributed by atoms with Crippen molar-refractivity contribution < 1.29 is 22.7 Å². The van der Waals surface area contributed by atoms with Crippen LogP contribution in [0.5, 0.6) is 5.75 Å². The number of rotatable bonds is 9. The van der Waals surface area contributed by atoms with Crippen molar-refractivity contribution in [1.82, 2.24) is 10.2 Å². The van der Waals surface area contributed by atoms with E-state index in [1.807, 2.05) is 6.92 Å². The molecule has 0 spiro atoms. The van der Waals surface area contributed by atoms with Crippen molar-refractivity contribution in [2.45, 2.75) is 32.7 Å². The summed E-state index contributed by atoms with van der Waals surface area (Å²) < 4.78 is 45.8. The van der Waals surface area contributed by atoms with Crippen LogP contribution in [0.15, 0.2) is 36.4 Å². The Morgan fingerprint density at radius 2 is 1.75 bits per heavy atom. The molecule has 1 amide bonds. The Kier molecular flexibility index (Phi) is 8.39. The predicted molar refractivity (Wildman–Crippen MR) is 118 cm³/mol. The van der Waals surface area contributed by atoms with E-state index in [0.29, 0.717) is 6.42 Å². The second-order valence-electron chi connectivity index (χ2n) is 7.94. The molecule has 0 saturated carbocycles. The monoisotopic (exact) mass is 449 g/mol. The number of piperazine rings is 1. The van der Waals surface area contributed by atoms with Crippen LogP contribution in [-0.2, 0) is 4.79 Å². The Hall–Kier alpha value is -2.74. The maximum atomic E-state index is 14.0. The van der Waals surface area contributed by atoms with Gasteiger partial charge in [-0.2, -0.15) is 0 Å².